The van der Waals surface area contributed by atoms with Crippen molar-refractivity contribution in [1.29, 1.82) is 0 Å². The summed E-state index contributed by atoms with van der Waals surface area (Å²) < 4.78 is 6.11. The van der Waals surface area contributed by atoms with Crippen molar-refractivity contribution < 1.29 is 9.53 Å². The fraction of sp³-hybridized carbons (Fsp3) is 0.500. The first-order valence-electron chi connectivity index (χ1n) is 6.41. The number of fused-ring (bicyclic) bond motifs is 1. The maximum atomic E-state index is 12.0. The molecule has 1 aromatic rings. The molecule has 1 N–H and O–H groups in total. The van der Waals surface area contributed by atoms with E-state index in [1.54, 1.807) is 19.1 Å². The first kappa shape index (κ1) is 14.3. The fourth-order valence-corrected chi connectivity index (χ4v) is 2.93. The molecule has 0 saturated heterocycles. The molecule has 1 unspecified atom stereocenters. The van der Waals surface area contributed by atoms with Gasteiger partial charge >= 0.3 is 6.03 Å². The molecule has 1 aliphatic rings. The van der Waals surface area contributed by atoms with E-state index in [0.717, 1.165) is 17.3 Å². The minimum absolute atomic E-state index is 0.0464. The number of amides is 2. The first-order chi connectivity index (χ1) is 9.13. The van der Waals surface area contributed by atoms with Crippen LogP contribution in [0.4, 0.5) is 4.79 Å². The van der Waals surface area contributed by atoms with E-state index in [-0.39, 0.29) is 12.1 Å². The lowest BCUT2D eigenvalue weighted by Crippen LogP contribution is -2.40. The minimum atomic E-state index is -0.0464. The summed E-state index contributed by atoms with van der Waals surface area (Å²) in [5.41, 5.74) is 2.54. The van der Waals surface area contributed by atoms with Gasteiger partial charge in [0, 0.05) is 25.2 Å². The number of rotatable bonds is 4. The first-order valence-corrected chi connectivity index (χ1v) is 7.20. The molecule has 0 aromatic heterocycles. The van der Waals surface area contributed by atoms with Crippen LogP contribution in [0.3, 0.4) is 0 Å². The second-order valence-electron chi connectivity index (χ2n) is 4.76. The maximum absolute atomic E-state index is 12.0. The molecule has 1 aliphatic carbocycles. The summed E-state index contributed by atoms with van der Waals surface area (Å²) in [6.45, 7) is 1.15. The van der Waals surface area contributed by atoms with Crippen LogP contribution in [0.5, 0.6) is 0 Å². The van der Waals surface area contributed by atoms with E-state index >= 15 is 0 Å². The summed E-state index contributed by atoms with van der Waals surface area (Å²) in [7, 11) is 3.42. The molecule has 1 aromatic carbocycles. The molecule has 19 heavy (non-hydrogen) atoms. The minimum Gasteiger partial charge on any atom is -0.383 e. The number of nitrogens with one attached hydrogen (secondary N) is 1. The molecule has 0 radical (unpaired) electrons. The molecule has 0 heterocycles. The van der Waals surface area contributed by atoms with Gasteiger partial charge in [-0.1, -0.05) is 28.1 Å². The molecule has 0 fully saturated rings. The van der Waals surface area contributed by atoms with Gasteiger partial charge in [0.1, 0.15) is 0 Å². The predicted octanol–water partition coefficient (Wildman–Crippen LogP) is 2.72. The largest absolute Gasteiger partial charge is 0.383 e. The van der Waals surface area contributed by atoms with Gasteiger partial charge in [0.15, 0.2) is 0 Å². The second kappa shape index (κ2) is 6.39. The third-order valence-electron chi connectivity index (χ3n) is 3.49. The van der Waals surface area contributed by atoms with Crippen molar-refractivity contribution in [2.45, 2.75) is 18.9 Å². The average Bonchev–Trinajstić information content (AvgIpc) is 2.80. The third-order valence-corrected chi connectivity index (χ3v) is 4.23. The highest BCUT2D eigenvalue weighted by Gasteiger charge is 2.26. The maximum Gasteiger partial charge on any atom is 0.317 e. The number of methoxy groups -OCH3 is 1. The molecule has 5 heteroatoms. The Balaban J connectivity index is 1.99. The fourth-order valence-electron chi connectivity index (χ4n) is 2.35. The van der Waals surface area contributed by atoms with Crippen LogP contribution in [-0.2, 0) is 11.2 Å². The van der Waals surface area contributed by atoms with Crippen LogP contribution in [0, 0.1) is 0 Å². The topological polar surface area (TPSA) is 41.6 Å². The highest BCUT2D eigenvalue weighted by Crippen LogP contribution is 2.35. The van der Waals surface area contributed by atoms with Gasteiger partial charge in [0.2, 0.25) is 0 Å². The summed E-state index contributed by atoms with van der Waals surface area (Å²) in [5.74, 6) is 0. The van der Waals surface area contributed by atoms with Crippen molar-refractivity contribution in [2.24, 2.45) is 0 Å². The van der Waals surface area contributed by atoms with Crippen molar-refractivity contribution in [3.05, 3.63) is 33.8 Å². The molecule has 0 aliphatic heterocycles. The van der Waals surface area contributed by atoms with Crippen LogP contribution < -0.4 is 5.32 Å². The number of halogens is 1. The van der Waals surface area contributed by atoms with Crippen LogP contribution in [0.15, 0.2) is 22.7 Å². The van der Waals surface area contributed by atoms with Crippen LogP contribution in [0.1, 0.15) is 23.6 Å². The third kappa shape index (κ3) is 3.28. The number of hydrogen-bond acceptors (Lipinski definition) is 2. The Morgan fingerprint density at radius 2 is 2.37 bits per heavy atom. The number of hydrogen-bond donors (Lipinski definition) is 1. The Labute approximate surface area is 122 Å². The predicted molar refractivity (Wildman–Crippen MR) is 78.2 cm³/mol. The Kier molecular flexibility index (Phi) is 4.82. The Hall–Kier alpha value is -1.07. The normalized spacial score (nSPS) is 17.1. The lowest BCUT2D eigenvalue weighted by atomic mass is 10.1. The summed E-state index contributed by atoms with van der Waals surface area (Å²) in [6.07, 6.45) is 1.96. The molecule has 0 saturated carbocycles. The van der Waals surface area contributed by atoms with E-state index in [0.29, 0.717) is 13.2 Å². The highest BCUT2D eigenvalue weighted by atomic mass is 79.9. The molecular weight excluding hydrogens is 308 g/mol. The Morgan fingerprint density at radius 3 is 3.11 bits per heavy atom. The number of benzene rings is 1. The smallest absolute Gasteiger partial charge is 0.317 e. The van der Waals surface area contributed by atoms with Crippen LogP contribution in [0.2, 0.25) is 0 Å². The van der Waals surface area contributed by atoms with Gasteiger partial charge in [-0.05, 0) is 30.0 Å². The van der Waals surface area contributed by atoms with Crippen molar-refractivity contribution in [1.82, 2.24) is 10.2 Å². The molecule has 104 valence electrons. The number of ether oxygens (including phenoxy) is 1. The van der Waals surface area contributed by atoms with E-state index in [9.17, 15) is 4.79 Å². The monoisotopic (exact) mass is 326 g/mol. The quantitative estimate of drug-likeness (QED) is 0.924. The van der Waals surface area contributed by atoms with E-state index in [2.05, 4.69) is 27.3 Å². The number of likely N-dealkylation sites (N-methyl/N-ethyl adjacent to an activating group) is 1. The Morgan fingerprint density at radius 1 is 1.58 bits per heavy atom. The molecule has 0 bridgehead atoms. The second-order valence-corrected chi connectivity index (χ2v) is 5.62. The van der Waals surface area contributed by atoms with Gasteiger partial charge in [-0.2, -0.15) is 0 Å². The summed E-state index contributed by atoms with van der Waals surface area (Å²) in [5, 5.41) is 3.08. The van der Waals surface area contributed by atoms with E-state index < -0.39 is 0 Å². The van der Waals surface area contributed by atoms with Crippen molar-refractivity contribution >= 4 is 22.0 Å². The van der Waals surface area contributed by atoms with Crippen molar-refractivity contribution in [2.75, 3.05) is 27.3 Å². The summed E-state index contributed by atoms with van der Waals surface area (Å²) in [6, 6.07) is 6.23. The van der Waals surface area contributed by atoms with Gasteiger partial charge in [0.05, 0.1) is 12.6 Å². The summed E-state index contributed by atoms with van der Waals surface area (Å²) >= 11 is 3.56. The van der Waals surface area contributed by atoms with Gasteiger partial charge < -0.3 is 15.0 Å². The molecule has 0 spiro atoms. The SMILES string of the molecule is COCCN(C)C(=O)NC1CCc2c(Br)cccc21. The summed E-state index contributed by atoms with van der Waals surface area (Å²) in [4.78, 5) is 13.7. The van der Waals surface area contributed by atoms with Gasteiger partial charge in [-0.15, -0.1) is 0 Å². The van der Waals surface area contributed by atoms with Crippen LogP contribution >= 0.6 is 15.9 Å². The number of urea groups is 1. The lowest BCUT2D eigenvalue weighted by molar-refractivity contribution is 0.158. The van der Waals surface area contributed by atoms with Crippen molar-refractivity contribution in [3.8, 4) is 0 Å². The standard InChI is InChI=1S/C14H19BrN2O2/c1-17(8-9-19-2)14(18)16-13-7-6-10-11(13)4-3-5-12(10)15/h3-5,13H,6-9H2,1-2H3,(H,16,18). The highest BCUT2D eigenvalue weighted by molar-refractivity contribution is 9.10. The molecule has 4 nitrogen and oxygen atoms in total. The molecule has 1 atom stereocenters. The van der Waals surface area contributed by atoms with Crippen molar-refractivity contribution in [3.63, 3.8) is 0 Å². The average molecular weight is 327 g/mol. The van der Waals surface area contributed by atoms with Gasteiger partial charge in [-0.3, -0.25) is 0 Å². The number of carbonyl (C=O) groups is 1. The van der Waals surface area contributed by atoms with Gasteiger partial charge in [0.25, 0.3) is 0 Å². The zero-order valence-corrected chi connectivity index (χ0v) is 12.9. The molecular formula is C14H19BrN2O2. The number of nitrogens with zero attached hydrogens (tertiary/aromatic N) is 1. The van der Waals surface area contributed by atoms with Gasteiger partial charge in [-0.25, -0.2) is 4.79 Å². The lowest BCUT2D eigenvalue weighted by Gasteiger charge is -2.21. The zero-order chi connectivity index (χ0) is 13.8. The zero-order valence-electron chi connectivity index (χ0n) is 11.3. The molecule has 2 rings (SSSR count). The number of carbonyl (C=O) groups excluding carboxylic acids is 1. The van der Waals surface area contributed by atoms with Crippen LogP contribution in [0.25, 0.3) is 0 Å². The Bertz CT molecular complexity index is 465. The van der Waals surface area contributed by atoms with E-state index in [1.807, 2.05) is 12.1 Å². The van der Waals surface area contributed by atoms with Crippen LogP contribution in [-0.4, -0.2) is 38.2 Å². The molecule has 2 amide bonds. The van der Waals surface area contributed by atoms with E-state index in [1.165, 1.54) is 11.1 Å². The van der Waals surface area contributed by atoms with E-state index in [4.69, 9.17) is 4.74 Å².